The summed E-state index contributed by atoms with van der Waals surface area (Å²) < 4.78 is 7.08. The van der Waals surface area contributed by atoms with E-state index in [2.05, 4.69) is 37.3 Å². The normalized spacial score (nSPS) is 16.7. The second kappa shape index (κ2) is 6.87. The standard InChI is InChI=1S/C17H23N7O/c1-3-6-24-7-4-12(5-8-24)9-15-19-17(25-21-15)13-10-14-16(18-11-13)23(2)22-20-14/h10-12H,3-9H2,1-2H3. The van der Waals surface area contributed by atoms with Crippen molar-refractivity contribution in [2.75, 3.05) is 19.6 Å². The van der Waals surface area contributed by atoms with Crippen molar-refractivity contribution in [2.24, 2.45) is 13.0 Å². The predicted molar refractivity (Wildman–Crippen MR) is 92.8 cm³/mol. The minimum atomic E-state index is 0.499. The van der Waals surface area contributed by atoms with Gasteiger partial charge in [0.2, 0.25) is 0 Å². The van der Waals surface area contributed by atoms with Crippen molar-refractivity contribution < 1.29 is 4.52 Å². The Hall–Kier alpha value is -2.35. The Labute approximate surface area is 146 Å². The Morgan fingerprint density at radius 1 is 1.28 bits per heavy atom. The second-order valence-corrected chi connectivity index (χ2v) is 6.78. The van der Waals surface area contributed by atoms with E-state index in [1.54, 1.807) is 10.9 Å². The molecule has 0 radical (unpaired) electrons. The summed E-state index contributed by atoms with van der Waals surface area (Å²) in [6.45, 7) is 5.80. The number of aromatic nitrogens is 6. The van der Waals surface area contributed by atoms with Crippen LogP contribution in [0.1, 0.15) is 32.0 Å². The van der Waals surface area contributed by atoms with Gasteiger partial charge in [-0.3, -0.25) is 0 Å². The van der Waals surface area contributed by atoms with Crippen molar-refractivity contribution >= 4 is 11.2 Å². The maximum atomic E-state index is 5.44. The summed E-state index contributed by atoms with van der Waals surface area (Å²) in [5.41, 5.74) is 2.25. The first kappa shape index (κ1) is 16.1. The van der Waals surface area contributed by atoms with E-state index in [9.17, 15) is 0 Å². The zero-order valence-corrected chi connectivity index (χ0v) is 14.7. The number of hydrogen-bond donors (Lipinski definition) is 0. The summed E-state index contributed by atoms with van der Waals surface area (Å²) in [6.07, 6.45) is 6.24. The molecule has 0 unspecified atom stereocenters. The average molecular weight is 341 g/mol. The molecule has 0 aliphatic carbocycles. The maximum Gasteiger partial charge on any atom is 0.259 e. The van der Waals surface area contributed by atoms with Gasteiger partial charge in [0.05, 0.1) is 5.56 Å². The highest BCUT2D eigenvalue weighted by Gasteiger charge is 2.21. The van der Waals surface area contributed by atoms with Crippen LogP contribution in [0.25, 0.3) is 22.6 Å². The van der Waals surface area contributed by atoms with Crippen molar-refractivity contribution in [2.45, 2.75) is 32.6 Å². The predicted octanol–water partition coefficient (Wildman–Crippen LogP) is 2.08. The molecule has 0 spiro atoms. The number of nitrogens with zero attached hydrogens (tertiary/aromatic N) is 7. The third kappa shape index (κ3) is 3.39. The molecule has 25 heavy (non-hydrogen) atoms. The number of likely N-dealkylation sites (tertiary alicyclic amines) is 1. The zero-order chi connectivity index (χ0) is 17.2. The first-order valence-electron chi connectivity index (χ1n) is 8.93. The number of piperidine rings is 1. The molecule has 4 rings (SSSR count). The lowest BCUT2D eigenvalue weighted by molar-refractivity contribution is 0.182. The van der Waals surface area contributed by atoms with Crippen LogP contribution in [0.4, 0.5) is 0 Å². The highest BCUT2D eigenvalue weighted by molar-refractivity contribution is 5.74. The van der Waals surface area contributed by atoms with E-state index in [-0.39, 0.29) is 0 Å². The lowest BCUT2D eigenvalue weighted by atomic mass is 9.93. The molecule has 4 heterocycles. The quantitative estimate of drug-likeness (QED) is 0.702. The van der Waals surface area contributed by atoms with Gasteiger partial charge in [0.1, 0.15) is 5.52 Å². The van der Waals surface area contributed by atoms with E-state index >= 15 is 0 Å². The summed E-state index contributed by atoms with van der Waals surface area (Å²) in [4.78, 5) is 11.5. The smallest absolute Gasteiger partial charge is 0.259 e. The van der Waals surface area contributed by atoms with Crippen molar-refractivity contribution in [3.63, 3.8) is 0 Å². The van der Waals surface area contributed by atoms with Crippen molar-refractivity contribution in [3.8, 4) is 11.5 Å². The maximum absolute atomic E-state index is 5.44. The molecule has 1 aliphatic heterocycles. The van der Waals surface area contributed by atoms with Gasteiger partial charge in [-0.15, -0.1) is 5.10 Å². The number of rotatable bonds is 5. The monoisotopic (exact) mass is 341 g/mol. The minimum Gasteiger partial charge on any atom is -0.334 e. The lowest BCUT2D eigenvalue weighted by Gasteiger charge is -2.31. The number of pyridine rings is 1. The highest BCUT2D eigenvalue weighted by atomic mass is 16.5. The first-order valence-corrected chi connectivity index (χ1v) is 8.93. The molecule has 1 saturated heterocycles. The van der Waals surface area contributed by atoms with Crippen molar-refractivity contribution in [3.05, 3.63) is 18.1 Å². The minimum absolute atomic E-state index is 0.499. The Morgan fingerprint density at radius 3 is 2.92 bits per heavy atom. The summed E-state index contributed by atoms with van der Waals surface area (Å²) in [5, 5.41) is 12.2. The number of fused-ring (bicyclic) bond motifs is 1. The van der Waals surface area contributed by atoms with Gasteiger partial charge in [-0.1, -0.05) is 17.3 Å². The van der Waals surface area contributed by atoms with Gasteiger partial charge in [-0.05, 0) is 50.9 Å². The largest absolute Gasteiger partial charge is 0.334 e. The van der Waals surface area contributed by atoms with Crippen molar-refractivity contribution in [1.29, 1.82) is 0 Å². The van der Waals surface area contributed by atoms with Crippen LogP contribution in [0.15, 0.2) is 16.8 Å². The van der Waals surface area contributed by atoms with Crippen LogP contribution in [-0.4, -0.2) is 54.7 Å². The van der Waals surface area contributed by atoms with Crippen molar-refractivity contribution in [1.82, 2.24) is 35.0 Å². The Bertz CT molecular complexity index is 848. The molecule has 0 atom stereocenters. The van der Waals surface area contributed by atoms with E-state index in [4.69, 9.17) is 4.52 Å². The van der Waals surface area contributed by atoms with Gasteiger partial charge < -0.3 is 9.42 Å². The van der Waals surface area contributed by atoms with Crippen LogP contribution in [0, 0.1) is 5.92 Å². The molecule has 0 amide bonds. The molecular formula is C17H23N7O. The number of hydrogen-bond acceptors (Lipinski definition) is 7. The van der Waals surface area contributed by atoms with Gasteiger partial charge in [0.15, 0.2) is 11.5 Å². The fraction of sp³-hybridized carbons (Fsp3) is 0.588. The molecule has 0 N–H and O–H groups in total. The van der Waals surface area contributed by atoms with Crippen LogP contribution in [0.2, 0.25) is 0 Å². The van der Waals surface area contributed by atoms with Gasteiger partial charge in [-0.25, -0.2) is 9.67 Å². The molecule has 0 bridgehead atoms. The first-order chi connectivity index (χ1) is 12.2. The van der Waals surface area contributed by atoms with Crippen LogP contribution in [-0.2, 0) is 13.5 Å². The molecule has 0 saturated carbocycles. The van der Waals surface area contributed by atoms with Gasteiger partial charge >= 0.3 is 0 Å². The lowest BCUT2D eigenvalue weighted by Crippen LogP contribution is -2.34. The van der Waals surface area contributed by atoms with E-state index in [0.29, 0.717) is 11.8 Å². The molecule has 3 aromatic heterocycles. The average Bonchev–Trinajstić information content (AvgIpc) is 3.24. The molecule has 1 fully saturated rings. The molecule has 132 valence electrons. The molecule has 8 nitrogen and oxygen atoms in total. The molecular weight excluding hydrogens is 318 g/mol. The fourth-order valence-corrected chi connectivity index (χ4v) is 3.49. The van der Waals surface area contributed by atoms with Crippen LogP contribution in [0.3, 0.4) is 0 Å². The Morgan fingerprint density at radius 2 is 2.12 bits per heavy atom. The third-order valence-corrected chi connectivity index (χ3v) is 4.87. The number of aryl methyl sites for hydroxylation is 1. The van der Waals surface area contributed by atoms with Gasteiger partial charge in [0.25, 0.3) is 5.89 Å². The van der Waals surface area contributed by atoms with Crippen LogP contribution >= 0.6 is 0 Å². The van der Waals surface area contributed by atoms with Gasteiger partial charge in [-0.2, -0.15) is 4.98 Å². The fourth-order valence-electron chi connectivity index (χ4n) is 3.49. The van der Waals surface area contributed by atoms with Gasteiger partial charge in [0, 0.05) is 19.7 Å². The van der Waals surface area contributed by atoms with E-state index in [1.165, 1.54) is 38.9 Å². The molecule has 1 aliphatic rings. The highest BCUT2D eigenvalue weighted by Crippen LogP contribution is 2.23. The van der Waals surface area contributed by atoms with E-state index in [1.807, 2.05) is 13.1 Å². The van der Waals surface area contributed by atoms with E-state index < -0.39 is 0 Å². The molecule has 8 heteroatoms. The zero-order valence-electron chi connectivity index (χ0n) is 14.7. The Kier molecular flexibility index (Phi) is 4.44. The summed E-state index contributed by atoms with van der Waals surface area (Å²) in [7, 11) is 1.82. The van der Waals surface area contributed by atoms with Crippen LogP contribution < -0.4 is 0 Å². The summed E-state index contributed by atoms with van der Waals surface area (Å²) in [5.74, 6) is 1.92. The Balaban J connectivity index is 1.43. The van der Waals surface area contributed by atoms with E-state index in [0.717, 1.165) is 29.0 Å². The molecule has 3 aromatic rings. The summed E-state index contributed by atoms with van der Waals surface area (Å²) >= 11 is 0. The topological polar surface area (TPSA) is 85.8 Å². The SMILES string of the molecule is CCCN1CCC(Cc2noc(-c3cnc4c(c3)nnn4C)n2)CC1. The third-order valence-electron chi connectivity index (χ3n) is 4.87. The second-order valence-electron chi connectivity index (χ2n) is 6.78. The summed E-state index contributed by atoms with van der Waals surface area (Å²) in [6, 6.07) is 1.88. The molecule has 0 aromatic carbocycles. The van der Waals surface area contributed by atoms with Crippen LogP contribution in [0.5, 0.6) is 0 Å².